The molecule has 3 aliphatic heterocycles. The molecule has 7 rings (SSSR count). The standard InChI is InChI=1S/C29H33N7O3/c1-4-14-35-27(37)22-17-30-28(33-26(22)36(35)25-7-5-6-24(32-25)29(2,3)38)31-20-8-10-21(11-9-20)39-23-18-34-15-12-19(23)13-16-34/h4-11,17,19,23,38H,1,12-16,18H2,2-3H3,(H,30,31,33). The number of aliphatic hydroxyl groups is 1. The minimum atomic E-state index is -1.14. The van der Waals surface area contributed by atoms with Crippen molar-refractivity contribution in [2.75, 3.05) is 25.0 Å². The maximum absolute atomic E-state index is 13.2. The van der Waals surface area contributed by atoms with Gasteiger partial charge in [0.05, 0.1) is 12.2 Å². The van der Waals surface area contributed by atoms with Gasteiger partial charge in [-0.05, 0) is 82.1 Å². The molecule has 0 amide bonds. The molecule has 1 unspecified atom stereocenters. The summed E-state index contributed by atoms with van der Waals surface area (Å²) in [6.45, 7) is 10.8. The number of benzene rings is 1. The number of anilines is 2. The Labute approximate surface area is 226 Å². The van der Waals surface area contributed by atoms with Crippen molar-refractivity contribution in [1.82, 2.24) is 29.2 Å². The SMILES string of the molecule is C=CCn1c(=O)c2cnc(Nc3ccc(OC4CN5CCC4CC5)cc3)nc2n1-c1cccc(C(C)(C)O)n1. The van der Waals surface area contributed by atoms with Crippen molar-refractivity contribution in [2.45, 2.75) is 44.9 Å². The van der Waals surface area contributed by atoms with Crippen molar-refractivity contribution in [3.05, 3.63) is 77.4 Å². The van der Waals surface area contributed by atoms with E-state index in [1.807, 2.05) is 24.3 Å². The van der Waals surface area contributed by atoms with E-state index in [-0.39, 0.29) is 18.2 Å². The quantitative estimate of drug-likeness (QED) is 0.335. The smallest absolute Gasteiger partial charge is 0.278 e. The zero-order valence-corrected chi connectivity index (χ0v) is 22.2. The van der Waals surface area contributed by atoms with Gasteiger partial charge in [0.1, 0.15) is 22.8 Å². The Kier molecular flexibility index (Phi) is 6.44. The van der Waals surface area contributed by atoms with Gasteiger partial charge in [-0.25, -0.2) is 19.3 Å². The predicted molar refractivity (Wildman–Crippen MR) is 150 cm³/mol. The summed E-state index contributed by atoms with van der Waals surface area (Å²) in [4.78, 5) is 29.4. The Hall–Kier alpha value is -4.02. The Morgan fingerprint density at radius 1 is 1.15 bits per heavy atom. The van der Waals surface area contributed by atoms with Crippen LogP contribution in [0.2, 0.25) is 0 Å². The fraction of sp³-hybridized carbons (Fsp3) is 0.379. The molecule has 0 saturated carbocycles. The van der Waals surface area contributed by atoms with Gasteiger partial charge in [0.2, 0.25) is 5.95 Å². The first kappa shape index (κ1) is 25.3. The summed E-state index contributed by atoms with van der Waals surface area (Å²) in [6.07, 6.45) is 5.83. The molecule has 0 spiro atoms. The second-order valence-electron chi connectivity index (χ2n) is 10.8. The average molecular weight is 528 g/mol. The molecule has 202 valence electrons. The van der Waals surface area contributed by atoms with Gasteiger partial charge in [-0.3, -0.25) is 9.69 Å². The lowest BCUT2D eigenvalue weighted by Crippen LogP contribution is -2.52. The second-order valence-corrected chi connectivity index (χ2v) is 10.8. The van der Waals surface area contributed by atoms with Gasteiger partial charge in [-0.15, -0.1) is 6.58 Å². The molecule has 2 bridgehead atoms. The Balaban J connectivity index is 1.29. The van der Waals surface area contributed by atoms with Crippen LogP contribution in [0.15, 0.2) is 66.1 Å². The van der Waals surface area contributed by atoms with Crippen molar-refractivity contribution in [3.8, 4) is 11.6 Å². The number of nitrogens with zero attached hydrogens (tertiary/aromatic N) is 6. The Bertz CT molecular complexity index is 1560. The van der Waals surface area contributed by atoms with Gasteiger partial charge in [-0.2, -0.15) is 4.98 Å². The van der Waals surface area contributed by atoms with Crippen molar-refractivity contribution < 1.29 is 9.84 Å². The normalized spacial score (nSPS) is 20.7. The molecule has 1 aromatic carbocycles. The van der Waals surface area contributed by atoms with Crippen molar-refractivity contribution in [2.24, 2.45) is 5.92 Å². The largest absolute Gasteiger partial charge is 0.489 e. The number of hydrogen-bond donors (Lipinski definition) is 2. The minimum absolute atomic E-state index is 0.247. The van der Waals surface area contributed by atoms with E-state index < -0.39 is 5.60 Å². The van der Waals surface area contributed by atoms with Crippen molar-refractivity contribution >= 4 is 22.7 Å². The topological polar surface area (TPSA) is 110 Å². The van der Waals surface area contributed by atoms with E-state index in [0.29, 0.717) is 34.4 Å². The highest BCUT2D eigenvalue weighted by molar-refractivity contribution is 5.77. The summed E-state index contributed by atoms with van der Waals surface area (Å²) in [6, 6.07) is 13.1. The molecule has 3 fully saturated rings. The second kappa shape index (κ2) is 9.94. The van der Waals surface area contributed by atoms with Gasteiger partial charge in [0, 0.05) is 18.4 Å². The van der Waals surface area contributed by atoms with Crippen LogP contribution in [0, 0.1) is 5.92 Å². The summed E-state index contributed by atoms with van der Waals surface area (Å²) in [5.41, 5.74) is 0.293. The molecule has 3 saturated heterocycles. The fourth-order valence-corrected chi connectivity index (χ4v) is 5.46. The molecule has 2 N–H and O–H groups in total. The van der Waals surface area contributed by atoms with E-state index in [9.17, 15) is 9.90 Å². The van der Waals surface area contributed by atoms with Gasteiger partial charge in [0.15, 0.2) is 11.5 Å². The van der Waals surface area contributed by atoms with Crippen molar-refractivity contribution in [3.63, 3.8) is 0 Å². The van der Waals surface area contributed by atoms with E-state index in [4.69, 9.17) is 9.72 Å². The number of piperidine rings is 3. The van der Waals surface area contributed by atoms with Crippen LogP contribution in [0.1, 0.15) is 32.4 Å². The molecule has 0 radical (unpaired) electrons. The van der Waals surface area contributed by atoms with Crippen LogP contribution in [0.25, 0.3) is 16.9 Å². The molecule has 10 heteroatoms. The van der Waals surface area contributed by atoms with Crippen LogP contribution in [0.4, 0.5) is 11.6 Å². The third kappa shape index (κ3) is 4.93. The molecule has 3 aromatic heterocycles. The fourth-order valence-electron chi connectivity index (χ4n) is 5.46. The van der Waals surface area contributed by atoms with E-state index in [2.05, 4.69) is 26.8 Å². The first-order valence-corrected chi connectivity index (χ1v) is 13.4. The molecule has 4 aromatic rings. The van der Waals surface area contributed by atoms with Gasteiger partial charge in [0.25, 0.3) is 5.56 Å². The van der Waals surface area contributed by atoms with Gasteiger partial charge < -0.3 is 15.2 Å². The van der Waals surface area contributed by atoms with E-state index in [1.54, 1.807) is 42.8 Å². The molecule has 39 heavy (non-hydrogen) atoms. The minimum Gasteiger partial charge on any atom is -0.489 e. The first-order chi connectivity index (χ1) is 18.8. The highest BCUT2D eigenvalue weighted by atomic mass is 16.5. The van der Waals surface area contributed by atoms with E-state index in [1.165, 1.54) is 36.8 Å². The number of allylic oxidation sites excluding steroid dienone is 1. The number of pyridine rings is 1. The van der Waals surface area contributed by atoms with Crippen LogP contribution in [-0.4, -0.2) is 60.1 Å². The van der Waals surface area contributed by atoms with Gasteiger partial charge in [-0.1, -0.05) is 12.1 Å². The number of ether oxygens (including phenoxy) is 1. The lowest BCUT2D eigenvalue weighted by molar-refractivity contribution is -0.00775. The van der Waals surface area contributed by atoms with Crippen molar-refractivity contribution in [1.29, 1.82) is 0 Å². The third-order valence-corrected chi connectivity index (χ3v) is 7.55. The van der Waals surface area contributed by atoms with Crippen LogP contribution in [0.3, 0.4) is 0 Å². The maximum atomic E-state index is 13.2. The number of nitrogens with one attached hydrogen (secondary N) is 1. The lowest BCUT2D eigenvalue weighted by atomic mass is 9.86. The predicted octanol–water partition coefficient (Wildman–Crippen LogP) is 3.61. The highest BCUT2D eigenvalue weighted by Crippen LogP contribution is 2.31. The summed E-state index contributed by atoms with van der Waals surface area (Å²) >= 11 is 0. The molecular formula is C29H33N7O3. The molecule has 6 heterocycles. The Morgan fingerprint density at radius 3 is 2.59 bits per heavy atom. The number of hydrogen-bond acceptors (Lipinski definition) is 8. The highest BCUT2D eigenvalue weighted by Gasteiger charge is 2.35. The van der Waals surface area contributed by atoms with Crippen LogP contribution < -0.4 is 15.6 Å². The molecule has 0 aliphatic carbocycles. The average Bonchev–Trinajstić information content (AvgIpc) is 3.21. The molecule has 3 aliphatic rings. The monoisotopic (exact) mass is 527 g/mol. The van der Waals surface area contributed by atoms with E-state index >= 15 is 0 Å². The first-order valence-electron chi connectivity index (χ1n) is 13.4. The van der Waals surface area contributed by atoms with Crippen LogP contribution >= 0.6 is 0 Å². The summed E-state index contributed by atoms with van der Waals surface area (Å²) in [5, 5.41) is 14.1. The zero-order chi connectivity index (χ0) is 27.1. The number of aromatic nitrogens is 5. The maximum Gasteiger partial charge on any atom is 0.278 e. The van der Waals surface area contributed by atoms with Crippen LogP contribution in [0.5, 0.6) is 5.75 Å². The van der Waals surface area contributed by atoms with Crippen LogP contribution in [-0.2, 0) is 12.1 Å². The summed E-state index contributed by atoms with van der Waals surface area (Å²) in [7, 11) is 0. The summed E-state index contributed by atoms with van der Waals surface area (Å²) < 4.78 is 9.47. The zero-order valence-electron chi connectivity index (χ0n) is 22.2. The molecule has 1 atom stereocenters. The number of fused-ring (bicyclic) bond motifs is 4. The van der Waals surface area contributed by atoms with Gasteiger partial charge >= 0.3 is 0 Å². The number of rotatable bonds is 8. The van der Waals surface area contributed by atoms with E-state index in [0.717, 1.165) is 18.0 Å². The lowest BCUT2D eigenvalue weighted by Gasteiger charge is -2.44. The molecule has 10 nitrogen and oxygen atoms in total. The summed E-state index contributed by atoms with van der Waals surface area (Å²) in [5.74, 6) is 2.29. The Morgan fingerprint density at radius 2 is 1.92 bits per heavy atom. The molecular weight excluding hydrogens is 494 g/mol. The third-order valence-electron chi connectivity index (χ3n) is 7.55.